The van der Waals surface area contributed by atoms with E-state index in [9.17, 15) is 0 Å². The number of ether oxygens (including phenoxy) is 1. The molecule has 1 aromatic rings. The normalized spacial score (nSPS) is 30.1. The molecule has 110 valence electrons. The molecule has 0 atom stereocenters. The molecule has 0 unspecified atom stereocenters. The van der Waals surface area contributed by atoms with E-state index >= 15 is 0 Å². The van der Waals surface area contributed by atoms with Crippen LogP contribution in [0.4, 0.5) is 0 Å². The Morgan fingerprint density at radius 3 is 2.30 bits per heavy atom. The molecule has 2 aliphatic carbocycles. The van der Waals surface area contributed by atoms with Crippen LogP contribution in [0.1, 0.15) is 31.2 Å². The van der Waals surface area contributed by atoms with Crippen LogP contribution in [0.2, 0.25) is 19.6 Å². The third-order valence-corrected chi connectivity index (χ3v) is 5.32. The zero-order valence-electron chi connectivity index (χ0n) is 12.9. The first-order valence-corrected chi connectivity index (χ1v) is 11.2. The summed E-state index contributed by atoms with van der Waals surface area (Å²) in [6.45, 7) is 7.64. The summed E-state index contributed by atoms with van der Waals surface area (Å²) in [6, 6.07) is 10.5. The van der Waals surface area contributed by atoms with Crippen LogP contribution in [0, 0.1) is 5.92 Å². The quantitative estimate of drug-likeness (QED) is 0.724. The van der Waals surface area contributed by atoms with Gasteiger partial charge in [0, 0.05) is 12.8 Å². The molecular formula is C17H26O2Si. The summed E-state index contributed by atoms with van der Waals surface area (Å²) in [5, 5.41) is 0. The average Bonchev–Trinajstić information content (AvgIpc) is 3.16. The van der Waals surface area contributed by atoms with Crippen LogP contribution < -0.4 is 0 Å². The fourth-order valence-electron chi connectivity index (χ4n) is 3.34. The van der Waals surface area contributed by atoms with Gasteiger partial charge in [0.15, 0.2) is 8.32 Å². The molecule has 2 nitrogen and oxygen atoms in total. The molecular weight excluding hydrogens is 264 g/mol. The van der Waals surface area contributed by atoms with Gasteiger partial charge in [0.1, 0.15) is 0 Å². The van der Waals surface area contributed by atoms with Crippen LogP contribution >= 0.6 is 0 Å². The van der Waals surface area contributed by atoms with Gasteiger partial charge in [-0.1, -0.05) is 30.3 Å². The molecule has 3 rings (SSSR count). The van der Waals surface area contributed by atoms with Crippen molar-refractivity contribution in [1.82, 2.24) is 0 Å². The van der Waals surface area contributed by atoms with Crippen molar-refractivity contribution in [3.63, 3.8) is 0 Å². The number of hydrogen-bond acceptors (Lipinski definition) is 2. The molecule has 0 spiro atoms. The van der Waals surface area contributed by atoms with Crippen molar-refractivity contribution in [2.75, 3.05) is 0 Å². The van der Waals surface area contributed by atoms with Crippen LogP contribution in [-0.4, -0.2) is 20.0 Å². The van der Waals surface area contributed by atoms with Crippen molar-refractivity contribution in [1.29, 1.82) is 0 Å². The SMILES string of the molecule is C[Si](C)(C)OC1(C2CC2)CC(OCc2ccccc2)C1. The van der Waals surface area contributed by atoms with E-state index in [-0.39, 0.29) is 5.60 Å². The molecule has 0 radical (unpaired) electrons. The Labute approximate surface area is 123 Å². The lowest BCUT2D eigenvalue weighted by atomic mass is 9.74. The van der Waals surface area contributed by atoms with E-state index in [0.29, 0.717) is 6.10 Å². The molecule has 0 heterocycles. The van der Waals surface area contributed by atoms with Crippen LogP contribution in [-0.2, 0) is 15.8 Å². The summed E-state index contributed by atoms with van der Waals surface area (Å²) in [4.78, 5) is 0. The van der Waals surface area contributed by atoms with Crippen LogP contribution in [0.25, 0.3) is 0 Å². The second kappa shape index (κ2) is 5.28. The highest BCUT2D eigenvalue weighted by Crippen LogP contribution is 2.54. The molecule has 0 aromatic heterocycles. The second-order valence-electron chi connectivity index (χ2n) is 7.38. The highest BCUT2D eigenvalue weighted by atomic mass is 28.4. The van der Waals surface area contributed by atoms with Crippen LogP contribution in [0.5, 0.6) is 0 Å². The van der Waals surface area contributed by atoms with Crippen molar-refractivity contribution in [3.05, 3.63) is 35.9 Å². The number of benzene rings is 1. The zero-order chi connectivity index (χ0) is 14.2. The minimum Gasteiger partial charge on any atom is -0.412 e. The lowest BCUT2D eigenvalue weighted by Crippen LogP contribution is -2.56. The van der Waals surface area contributed by atoms with Crippen LogP contribution in [0.3, 0.4) is 0 Å². The maximum atomic E-state index is 6.53. The van der Waals surface area contributed by atoms with Crippen molar-refractivity contribution < 1.29 is 9.16 Å². The van der Waals surface area contributed by atoms with Gasteiger partial charge in [-0.15, -0.1) is 0 Å². The molecule has 1 aromatic carbocycles. The molecule has 0 amide bonds. The van der Waals surface area contributed by atoms with Gasteiger partial charge < -0.3 is 9.16 Å². The summed E-state index contributed by atoms with van der Waals surface area (Å²) in [5.41, 5.74) is 1.44. The summed E-state index contributed by atoms with van der Waals surface area (Å²) in [7, 11) is -1.46. The number of hydrogen-bond donors (Lipinski definition) is 0. The summed E-state index contributed by atoms with van der Waals surface area (Å²) in [5.74, 6) is 0.811. The van der Waals surface area contributed by atoms with Gasteiger partial charge in [-0.2, -0.15) is 0 Å². The maximum Gasteiger partial charge on any atom is 0.184 e. The highest BCUT2D eigenvalue weighted by Gasteiger charge is 2.56. The zero-order valence-corrected chi connectivity index (χ0v) is 13.9. The van der Waals surface area contributed by atoms with E-state index in [1.54, 1.807) is 0 Å². The molecule has 2 fully saturated rings. The molecule has 0 saturated heterocycles. The van der Waals surface area contributed by atoms with E-state index in [1.165, 1.54) is 18.4 Å². The average molecular weight is 290 g/mol. The second-order valence-corrected chi connectivity index (χ2v) is 11.8. The summed E-state index contributed by atoms with van der Waals surface area (Å²) in [6.07, 6.45) is 5.32. The molecule has 20 heavy (non-hydrogen) atoms. The first kappa shape index (κ1) is 14.3. The van der Waals surface area contributed by atoms with Crippen molar-refractivity contribution >= 4 is 8.32 Å². The lowest BCUT2D eigenvalue weighted by molar-refractivity contribution is -0.144. The summed E-state index contributed by atoms with van der Waals surface area (Å²) >= 11 is 0. The first-order chi connectivity index (χ1) is 9.47. The number of rotatable bonds is 6. The molecule has 2 saturated carbocycles. The van der Waals surface area contributed by atoms with E-state index in [0.717, 1.165) is 25.4 Å². The molecule has 0 aliphatic heterocycles. The van der Waals surface area contributed by atoms with Gasteiger partial charge in [0.05, 0.1) is 18.3 Å². The van der Waals surface area contributed by atoms with Gasteiger partial charge in [0.25, 0.3) is 0 Å². The van der Waals surface area contributed by atoms with Gasteiger partial charge in [-0.25, -0.2) is 0 Å². The third-order valence-electron chi connectivity index (χ3n) is 4.31. The topological polar surface area (TPSA) is 18.5 Å². The Morgan fingerprint density at radius 2 is 1.75 bits per heavy atom. The Balaban J connectivity index is 1.51. The monoisotopic (exact) mass is 290 g/mol. The maximum absolute atomic E-state index is 6.53. The lowest BCUT2D eigenvalue weighted by Gasteiger charge is -2.51. The van der Waals surface area contributed by atoms with Gasteiger partial charge in [-0.05, 0) is 44.0 Å². The Kier molecular flexibility index (Phi) is 3.78. The summed E-state index contributed by atoms with van der Waals surface area (Å²) < 4.78 is 12.6. The van der Waals surface area contributed by atoms with E-state index in [2.05, 4.69) is 43.9 Å². The first-order valence-electron chi connectivity index (χ1n) is 7.83. The van der Waals surface area contributed by atoms with Crippen molar-refractivity contribution in [2.24, 2.45) is 5.92 Å². The van der Waals surface area contributed by atoms with E-state index < -0.39 is 8.32 Å². The predicted molar refractivity (Wildman–Crippen MR) is 84.1 cm³/mol. The van der Waals surface area contributed by atoms with Gasteiger partial charge >= 0.3 is 0 Å². The minimum atomic E-state index is -1.46. The van der Waals surface area contributed by atoms with Gasteiger partial charge in [-0.3, -0.25) is 0 Å². The fourth-order valence-corrected chi connectivity index (χ4v) is 4.89. The molecule has 0 bridgehead atoms. The minimum absolute atomic E-state index is 0.172. The van der Waals surface area contributed by atoms with Crippen molar-refractivity contribution in [3.8, 4) is 0 Å². The third kappa shape index (κ3) is 3.33. The Bertz CT molecular complexity index is 442. The van der Waals surface area contributed by atoms with Gasteiger partial charge in [0.2, 0.25) is 0 Å². The Hall–Kier alpha value is -0.643. The Morgan fingerprint density at radius 1 is 1.10 bits per heavy atom. The highest BCUT2D eigenvalue weighted by molar-refractivity contribution is 6.69. The smallest absolute Gasteiger partial charge is 0.184 e. The van der Waals surface area contributed by atoms with E-state index in [4.69, 9.17) is 9.16 Å². The predicted octanol–water partition coefficient (Wildman–Crippen LogP) is 4.37. The largest absolute Gasteiger partial charge is 0.412 e. The standard InChI is InChI=1S/C17H26O2Si/c1-20(2,3)19-17(15-9-10-15)11-16(12-17)18-13-14-7-5-4-6-8-14/h4-8,15-16H,9-13H2,1-3H3. The fraction of sp³-hybridized carbons (Fsp3) is 0.647. The molecule has 2 aliphatic rings. The van der Waals surface area contributed by atoms with Crippen molar-refractivity contribution in [2.45, 2.75) is 63.6 Å². The molecule has 0 N–H and O–H groups in total. The molecule has 3 heteroatoms. The van der Waals surface area contributed by atoms with Crippen LogP contribution in [0.15, 0.2) is 30.3 Å². The van der Waals surface area contributed by atoms with E-state index in [1.807, 2.05) is 6.07 Å².